The second-order valence-corrected chi connectivity index (χ2v) is 16.1. The topological polar surface area (TPSA) is 95.9 Å². The molecule has 0 aromatic heterocycles. The van der Waals surface area contributed by atoms with Gasteiger partial charge in [-0.2, -0.15) is 0 Å². The van der Waals surface area contributed by atoms with Crippen LogP contribution in [-0.2, 0) is 14.3 Å². The number of unbranched alkanes of at least 4 members (excludes halogenated alkanes) is 20. The first-order valence-corrected chi connectivity index (χ1v) is 24.0. The zero-order valence-corrected chi connectivity index (χ0v) is 37.5. The normalized spacial score (nSPS) is 13.8. The lowest BCUT2D eigenvalue weighted by molar-refractivity contribution is -0.151. The van der Waals surface area contributed by atoms with E-state index in [0.29, 0.717) is 25.7 Å². The second kappa shape index (κ2) is 44.7. The molecule has 0 bridgehead atoms. The van der Waals surface area contributed by atoms with E-state index in [0.717, 1.165) is 77.0 Å². The van der Waals surface area contributed by atoms with Crippen LogP contribution in [0.2, 0.25) is 0 Å². The van der Waals surface area contributed by atoms with Crippen LogP contribution in [0, 0.1) is 0 Å². The average Bonchev–Trinajstić information content (AvgIpc) is 3.20. The molecule has 0 rings (SSSR count). The number of hydrogen-bond acceptors (Lipinski definition) is 5. The van der Waals surface area contributed by atoms with Crippen LogP contribution in [0.5, 0.6) is 0 Å². The summed E-state index contributed by atoms with van der Waals surface area (Å²) < 4.78 is 5.88. The maximum atomic E-state index is 13.1. The Kier molecular flexibility index (Phi) is 42.7. The molecule has 6 heteroatoms. The summed E-state index contributed by atoms with van der Waals surface area (Å²) in [7, 11) is 0. The molecule has 0 aliphatic carbocycles. The van der Waals surface area contributed by atoms with Crippen molar-refractivity contribution in [2.45, 2.75) is 244 Å². The quantitative estimate of drug-likeness (QED) is 0.0325. The number of hydrogen-bond donors (Lipinski definition) is 3. The lowest BCUT2D eigenvalue weighted by Gasteiger charge is -2.24. The van der Waals surface area contributed by atoms with Crippen molar-refractivity contribution in [1.82, 2.24) is 5.32 Å². The molecule has 57 heavy (non-hydrogen) atoms. The van der Waals surface area contributed by atoms with Crippen LogP contribution >= 0.6 is 0 Å². The van der Waals surface area contributed by atoms with Gasteiger partial charge in [0.05, 0.1) is 25.2 Å². The van der Waals surface area contributed by atoms with Gasteiger partial charge in [-0.15, -0.1) is 0 Å². The minimum atomic E-state index is -0.795. The summed E-state index contributed by atoms with van der Waals surface area (Å²) in [5.41, 5.74) is 0. The molecule has 0 spiro atoms. The molecule has 0 aromatic carbocycles. The molecule has 330 valence electrons. The summed E-state index contributed by atoms with van der Waals surface area (Å²) in [6.07, 6.45) is 54.2. The maximum Gasteiger partial charge on any atom is 0.306 e. The number of ether oxygens (including phenoxy) is 1. The van der Waals surface area contributed by atoms with Crippen molar-refractivity contribution in [3.8, 4) is 0 Å². The number of rotatable bonds is 42. The molecule has 0 saturated heterocycles. The van der Waals surface area contributed by atoms with Crippen molar-refractivity contribution < 1.29 is 24.5 Å². The number of esters is 1. The highest BCUT2D eigenvalue weighted by Crippen LogP contribution is 2.17. The van der Waals surface area contributed by atoms with Crippen LogP contribution in [0.4, 0.5) is 0 Å². The van der Waals surface area contributed by atoms with E-state index in [1.54, 1.807) is 0 Å². The second-order valence-electron chi connectivity index (χ2n) is 16.1. The van der Waals surface area contributed by atoms with Crippen LogP contribution < -0.4 is 5.32 Å². The lowest BCUT2D eigenvalue weighted by Crippen LogP contribution is -2.46. The lowest BCUT2D eigenvalue weighted by atomic mass is 10.0. The molecular weight excluding hydrogens is 707 g/mol. The van der Waals surface area contributed by atoms with Gasteiger partial charge in [0.1, 0.15) is 6.10 Å². The number of nitrogens with one attached hydrogen (secondary N) is 1. The smallest absolute Gasteiger partial charge is 0.306 e. The van der Waals surface area contributed by atoms with Crippen LogP contribution in [-0.4, -0.2) is 46.9 Å². The predicted octanol–water partition coefficient (Wildman–Crippen LogP) is 14.1. The van der Waals surface area contributed by atoms with Gasteiger partial charge in [0.25, 0.3) is 0 Å². The fourth-order valence-corrected chi connectivity index (χ4v) is 6.99. The summed E-state index contributed by atoms with van der Waals surface area (Å²) in [5.74, 6) is -0.543. The van der Waals surface area contributed by atoms with E-state index >= 15 is 0 Å². The average molecular weight is 798 g/mol. The standard InChI is InChI=1S/C51H91NO5/c1-4-7-10-13-16-19-22-23-24-25-26-27-29-32-35-38-41-44-51(56)57-47(42-39-36-33-30-21-18-15-12-9-6-3)45-50(55)52-48(46-53)49(54)43-40-37-34-31-28-20-17-14-11-8-5-2/h7,10,16,19,23-24,26-27,32,35,47-49,53-54H,4-6,8-9,11-15,17-18,20-22,25,28-31,33-34,36-46H2,1-3H3,(H,52,55)/b10-7-,19-16-,24-23-,27-26-,35-32-. The van der Waals surface area contributed by atoms with Gasteiger partial charge in [-0.25, -0.2) is 0 Å². The molecule has 0 aromatic rings. The Morgan fingerprint density at radius 3 is 1.37 bits per heavy atom. The fourth-order valence-electron chi connectivity index (χ4n) is 6.99. The molecule has 0 radical (unpaired) electrons. The van der Waals surface area contributed by atoms with Crippen molar-refractivity contribution in [3.63, 3.8) is 0 Å². The molecule has 3 unspecified atom stereocenters. The van der Waals surface area contributed by atoms with E-state index in [2.05, 4.69) is 86.8 Å². The molecule has 6 nitrogen and oxygen atoms in total. The number of allylic oxidation sites excluding steroid dienone is 10. The summed E-state index contributed by atoms with van der Waals surface area (Å²) in [5, 5.41) is 23.6. The van der Waals surface area contributed by atoms with Crippen LogP contribution in [0.3, 0.4) is 0 Å². The van der Waals surface area contributed by atoms with Gasteiger partial charge in [-0.1, -0.05) is 210 Å². The molecule has 1 amide bonds. The Labute approximate surface area is 352 Å². The molecule has 3 atom stereocenters. The van der Waals surface area contributed by atoms with Crippen molar-refractivity contribution in [2.75, 3.05) is 6.61 Å². The van der Waals surface area contributed by atoms with Gasteiger partial charge in [0.15, 0.2) is 0 Å². The molecular formula is C51H91NO5. The predicted molar refractivity (Wildman–Crippen MR) is 245 cm³/mol. The van der Waals surface area contributed by atoms with Crippen LogP contribution in [0.15, 0.2) is 60.8 Å². The first kappa shape index (κ1) is 54.6. The first-order valence-electron chi connectivity index (χ1n) is 24.0. The van der Waals surface area contributed by atoms with Crippen molar-refractivity contribution >= 4 is 11.9 Å². The highest BCUT2D eigenvalue weighted by atomic mass is 16.5. The van der Waals surface area contributed by atoms with Gasteiger partial charge < -0.3 is 20.3 Å². The van der Waals surface area contributed by atoms with E-state index in [4.69, 9.17) is 4.74 Å². The third-order valence-corrected chi connectivity index (χ3v) is 10.6. The van der Waals surface area contributed by atoms with Gasteiger partial charge in [-0.3, -0.25) is 9.59 Å². The summed E-state index contributed by atoms with van der Waals surface area (Å²) in [6, 6.07) is -0.710. The maximum absolute atomic E-state index is 13.1. The van der Waals surface area contributed by atoms with E-state index in [9.17, 15) is 19.8 Å². The highest BCUT2D eigenvalue weighted by Gasteiger charge is 2.24. The SMILES string of the molecule is CC/C=C\C/C=C\C/C=C\C/C=C\C/C=C\CCCC(=O)OC(CCCCCCCCCCCC)CC(=O)NC(CO)C(O)CCCCCCCCCCCCC. The van der Waals surface area contributed by atoms with Crippen LogP contribution in [0.1, 0.15) is 226 Å². The summed E-state index contributed by atoms with van der Waals surface area (Å²) in [6.45, 7) is 6.33. The third-order valence-electron chi connectivity index (χ3n) is 10.6. The Morgan fingerprint density at radius 2 is 0.930 bits per heavy atom. The van der Waals surface area contributed by atoms with Gasteiger partial charge in [0.2, 0.25) is 5.91 Å². The highest BCUT2D eigenvalue weighted by molar-refractivity contribution is 5.77. The minimum Gasteiger partial charge on any atom is -0.462 e. The largest absolute Gasteiger partial charge is 0.462 e. The number of carbonyl (C=O) groups excluding carboxylic acids is 2. The first-order chi connectivity index (χ1) is 28.0. The van der Waals surface area contributed by atoms with E-state index in [-0.39, 0.29) is 24.9 Å². The monoisotopic (exact) mass is 798 g/mol. The van der Waals surface area contributed by atoms with Crippen molar-refractivity contribution in [3.05, 3.63) is 60.8 Å². The zero-order chi connectivity index (χ0) is 41.7. The molecule has 0 aliphatic heterocycles. The minimum absolute atomic E-state index is 0.0552. The van der Waals surface area contributed by atoms with Crippen LogP contribution in [0.25, 0.3) is 0 Å². The van der Waals surface area contributed by atoms with E-state index < -0.39 is 18.2 Å². The molecule has 0 aliphatic rings. The van der Waals surface area contributed by atoms with Gasteiger partial charge in [0, 0.05) is 6.42 Å². The summed E-state index contributed by atoms with van der Waals surface area (Å²) >= 11 is 0. The number of carbonyl (C=O) groups is 2. The summed E-state index contributed by atoms with van der Waals surface area (Å²) in [4.78, 5) is 26.0. The van der Waals surface area contributed by atoms with Crippen molar-refractivity contribution in [1.29, 1.82) is 0 Å². The Morgan fingerprint density at radius 1 is 0.526 bits per heavy atom. The fraction of sp³-hybridized carbons (Fsp3) is 0.765. The number of aliphatic hydroxyl groups is 2. The Bertz CT molecular complexity index is 1030. The van der Waals surface area contributed by atoms with E-state index in [1.807, 2.05) is 0 Å². The van der Waals surface area contributed by atoms with Gasteiger partial charge in [-0.05, 0) is 64.2 Å². The number of amides is 1. The molecule has 3 N–H and O–H groups in total. The third kappa shape index (κ3) is 40.1. The molecule has 0 fully saturated rings. The van der Waals surface area contributed by atoms with Gasteiger partial charge >= 0.3 is 5.97 Å². The number of aliphatic hydroxyl groups excluding tert-OH is 2. The van der Waals surface area contributed by atoms with E-state index in [1.165, 1.54) is 96.3 Å². The molecule has 0 saturated carbocycles. The van der Waals surface area contributed by atoms with Crippen molar-refractivity contribution in [2.24, 2.45) is 0 Å². The Hall–Kier alpha value is -2.44. The Balaban J connectivity index is 4.63. The zero-order valence-electron chi connectivity index (χ0n) is 37.5. The molecule has 0 heterocycles.